The molecule has 0 saturated carbocycles. The Bertz CT molecular complexity index is 555. The number of aromatic hydroxyl groups is 2. The van der Waals surface area contributed by atoms with Crippen LogP contribution in [0.1, 0.15) is 32.3 Å². The molecule has 0 aliphatic heterocycles. The van der Waals surface area contributed by atoms with Crippen LogP contribution >= 0.6 is 0 Å². The van der Waals surface area contributed by atoms with E-state index in [9.17, 15) is 20.1 Å². The van der Waals surface area contributed by atoms with Gasteiger partial charge in [-0.3, -0.25) is 4.79 Å². The maximum atomic E-state index is 12.1. The summed E-state index contributed by atoms with van der Waals surface area (Å²) in [5.41, 5.74) is 0.542. The first-order valence-electron chi connectivity index (χ1n) is 6.24. The van der Waals surface area contributed by atoms with E-state index >= 15 is 0 Å². The summed E-state index contributed by atoms with van der Waals surface area (Å²) in [7, 11) is 0. The molecule has 3 N–H and O–H groups in total. The van der Waals surface area contributed by atoms with Crippen molar-refractivity contribution in [2.75, 3.05) is 0 Å². The Labute approximate surface area is 112 Å². The van der Waals surface area contributed by atoms with Crippen molar-refractivity contribution >= 4 is 5.78 Å². The minimum atomic E-state index is -0.236. The van der Waals surface area contributed by atoms with Gasteiger partial charge in [0.25, 0.3) is 0 Å². The molecule has 0 aromatic heterocycles. The standard InChI is InChI=1S/C15H18O4/c1-15(2)7-12(17)10(13(18)8-15)6-9-4-3-5-11(16)14(9)19/h3-5,16-17,19H,6-8H2,1-2H3. The van der Waals surface area contributed by atoms with Crippen molar-refractivity contribution in [3.63, 3.8) is 0 Å². The number of hydrogen-bond acceptors (Lipinski definition) is 4. The maximum absolute atomic E-state index is 12.1. The minimum absolute atomic E-state index is 0.0870. The van der Waals surface area contributed by atoms with Crippen LogP contribution in [0.5, 0.6) is 11.5 Å². The summed E-state index contributed by atoms with van der Waals surface area (Å²) in [6.45, 7) is 3.87. The third-order valence-corrected chi connectivity index (χ3v) is 3.44. The van der Waals surface area contributed by atoms with Crippen LogP contribution in [0.25, 0.3) is 0 Å². The van der Waals surface area contributed by atoms with E-state index in [0.717, 1.165) is 0 Å². The molecule has 102 valence electrons. The van der Waals surface area contributed by atoms with Crippen LogP contribution in [-0.2, 0) is 11.2 Å². The molecule has 0 saturated heterocycles. The highest BCUT2D eigenvalue weighted by Crippen LogP contribution is 2.38. The third-order valence-electron chi connectivity index (χ3n) is 3.44. The van der Waals surface area contributed by atoms with Crippen LogP contribution in [-0.4, -0.2) is 21.1 Å². The van der Waals surface area contributed by atoms with Crippen LogP contribution in [0.3, 0.4) is 0 Å². The van der Waals surface area contributed by atoms with E-state index in [-0.39, 0.29) is 34.9 Å². The van der Waals surface area contributed by atoms with Gasteiger partial charge in [-0.2, -0.15) is 0 Å². The molecule has 4 heteroatoms. The zero-order valence-corrected chi connectivity index (χ0v) is 11.1. The highest BCUT2D eigenvalue weighted by molar-refractivity contribution is 5.97. The van der Waals surface area contributed by atoms with E-state index in [1.165, 1.54) is 6.07 Å². The molecule has 0 fully saturated rings. The molecule has 19 heavy (non-hydrogen) atoms. The second-order valence-corrected chi connectivity index (χ2v) is 5.83. The number of Topliss-reactive ketones (excluding diaryl/α,β-unsaturated/α-hetero) is 1. The van der Waals surface area contributed by atoms with Gasteiger partial charge in [-0.25, -0.2) is 0 Å². The number of aliphatic hydroxyl groups is 1. The maximum Gasteiger partial charge on any atom is 0.163 e. The lowest BCUT2D eigenvalue weighted by Crippen LogP contribution is -2.26. The summed E-state index contributed by atoms with van der Waals surface area (Å²) < 4.78 is 0. The van der Waals surface area contributed by atoms with Crippen LogP contribution in [0, 0.1) is 5.41 Å². The molecule has 0 bridgehead atoms. The zero-order chi connectivity index (χ0) is 14.2. The SMILES string of the molecule is CC1(C)CC(=O)C(Cc2cccc(O)c2O)=C(O)C1. The van der Waals surface area contributed by atoms with Crippen molar-refractivity contribution in [3.05, 3.63) is 35.1 Å². The van der Waals surface area contributed by atoms with Gasteiger partial charge >= 0.3 is 0 Å². The second-order valence-electron chi connectivity index (χ2n) is 5.83. The Morgan fingerprint density at radius 3 is 2.47 bits per heavy atom. The first-order chi connectivity index (χ1) is 8.80. The van der Waals surface area contributed by atoms with Gasteiger partial charge in [-0.1, -0.05) is 26.0 Å². The fraction of sp³-hybridized carbons (Fsp3) is 0.400. The largest absolute Gasteiger partial charge is 0.512 e. The molecular formula is C15H18O4. The summed E-state index contributed by atoms with van der Waals surface area (Å²) in [5, 5.41) is 29.2. The number of carbonyl (C=O) groups is 1. The Morgan fingerprint density at radius 2 is 1.84 bits per heavy atom. The van der Waals surface area contributed by atoms with Crippen molar-refractivity contribution in [2.45, 2.75) is 33.1 Å². The van der Waals surface area contributed by atoms with Crippen molar-refractivity contribution < 1.29 is 20.1 Å². The van der Waals surface area contributed by atoms with Crippen LogP contribution in [0.4, 0.5) is 0 Å². The number of benzene rings is 1. The van der Waals surface area contributed by atoms with Crippen molar-refractivity contribution in [2.24, 2.45) is 5.41 Å². The number of hydrogen-bond donors (Lipinski definition) is 3. The van der Waals surface area contributed by atoms with Crippen molar-refractivity contribution in [1.29, 1.82) is 0 Å². The monoisotopic (exact) mass is 262 g/mol. The van der Waals surface area contributed by atoms with Gasteiger partial charge in [0, 0.05) is 30.4 Å². The third kappa shape index (κ3) is 2.72. The van der Waals surface area contributed by atoms with Gasteiger partial charge in [-0.05, 0) is 11.5 Å². The number of para-hydroxylation sites is 1. The first-order valence-corrected chi connectivity index (χ1v) is 6.24. The molecule has 1 aliphatic rings. The molecule has 0 radical (unpaired) electrons. The average Bonchev–Trinajstić information content (AvgIpc) is 2.27. The molecule has 4 nitrogen and oxygen atoms in total. The van der Waals surface area contributed by atoms with Crippen molar-refractivity contribution in [1.82, 2.24) is 0 Å². The van der Waals surface area contributed by atoms with Gasteiger partial charge in [0.1, 0.15) is 0 Å². The van der Waals surface area contributed by atoms with E-state index in [1.807, 2.05) is 13.8 Å². The molecule has 0 unspecified atom stereocenters. The quantitative estimate of drug-likeness (QED) is 0.716. The van der Waals surface area contributed by atoms with Crippen LogP contribution in [0.2, 0.25) is 0 Å². The number of aliphatic hydroxyl groups excluding tert-OH is 1. The van der Waals surface area contributed by atoms with Gasteiger partial charge in [0.05, 0.1) is 5.76 Å². The lowest BCUT2D eigenvalue weighted by molar-refractivity contribution is -0.118. The highest BCUT2D eigenvalue weighted by atomic mass is 16.3. The van der Waals surface area contributed by atoms with Gasteiger partial charge < -0.3 is 15.3 Å². The molecule has 0 atom stereocenters. The fourth-order valence-corrected chi connectivity index (χ4v) is 2.44. The molecule has 0 heterocycles. The summed E-state index contributed by atoms with van der Waals surface area (Å²) >= 11 is 0. The Kier molecular flexibility index (Phi) is 3.27. The Hall–Kier alpha value is -1.97. The van der Waals surface area contributed by atoms with E-state index in [1.54, 1.807) is 12.1 Å². The second kappa shape index (κ2) is 4.61. The van der Waals surface area contributed by atoms with Gasteiger partial charge in [0.15, 0.2) is 17.3 Å². The average molecular weight is 262 g/mol. The van der Waals surface area contributed by atoms with Gasteiger partial charge in [-0.15, -0.1) is 0 Å². The molecule has 1 aromatic carbocycles. The highest BCUT2D eigenvalue weighted by Gasteiger charge is 2.33. The number of phenolic OH excluding ortho intramolecular Hbond substituents is 2. The summed E-state index contributed by atoms with van der Waals surface area (Å²) in [6.07, 6.45) is 0.973. The van der Waals surface area contributed by atoms with Crippen LogP contribution in [0.15, 0.2) is 29.5 Å². The minimum Gasteiger partial charge on any atom is -0.512 e. The normalized spacial score (nSPS) is 18.7. The molecule has 1 aromatic rings. The number of carbonyl (C=O) groups excluding carboxylic acids is 1. The predicted molar refractivity (Wildman–Crippen MR) is 71.2 cm³/mol. The summed E-state index contributed by atoms with van der Waals surface area (Å²) in [6, 6.07) is 4.60. The number of phenols is 2. The van der Waals surface area contributed by atoms with Crippen LogP contribution < -0.4 is 0 Å². The van der Waals surface area contributed by atoms with Crippen molar-refractivity contribution in [3.8, 4) is 11.5 Å². The summed E-state index contributed by atoms with van der Waals surface area (Å²) in [4.78, 5) is 12.1. The smallest absolute Gasteiger partial charge is 0.163 e. The number of ketones is 1. The lowest BCUT2D eigenvalue weighted by Gasteiger charge is -2.29. The van der Waals surface area contributed by atoms with E-state index in [4.69, 9.17) is 0 Å². The molecule has 2 rings (SSSR count). The lowest BCUT2D eigenvalue weighted by atomic mass is 9.75. The summed E-state index contributed by atoms with van der Waals surface area (Å²) in [5.74, 6) is -0.470. The van der Waals surface area contributed by atoms with Gasteiger partial charge in [0.2, 0.25) is 0 Å². The van der Waals surface area contributed by atoms with E-state index in [2.05, 4.69) is 0 Å². The molecular weight excluding hydrogens is 244 g/mol. The Morgan fingerprint density at radius 1 is 1.16 bits per heavy atom. The zero-order valence-electron chi connectivity index (χ0n) is 11.1. The molecule has 0 amide bonds. The predicted octanol–water partition coefficient (Wildman–Crippen LogP) is 2.84. The molecule has 0 spiro atoms. The van der Waals surface area contributed by atoms with E-state index < -0.39 is 0 Å². The number of allylic oxidation sites excluding steroid dienone is 2. The number of rotatable bonds is 2. The topological polar surface area (TPSA) is 77.8 Å². The fourth-order valence-electron chi connectivity index (χ4n) is 2.44. The first kappa shape index (κ1) is 13.5. The molecule has 1 aliphatic carbocycles. The Balaban J connectivity index is 2.33. The van der Waals surface area contributed by atoms with E-state index in [0.29, 0.717) is 24.0 Å².